The zero-order chi connectivity index (χ0) is 27.9. The second-order valence-electron chi connectivity index (χ2n) is 10.8. The molecule has 3 aromatic rings. The van der Waals surface area contributed by atoms with E-state index in [0.717, 1.165) is 37.8 Å². The van der Waals surface area contributed by atoms with Crippen molar-refractivity contribution < 1.29 is 27.5 Å². The molecule has 0 saturated heterocycles. The van der Waals surface area contributed by atoms with Crippen LogP contribution in [0.25, 0.3) is 22.3 Å². The van der Waals surface area contributed by atoms with Crippen LogP contribution in [-0.2, 0) is 11.0 Å². The Labute approximate surface area is 224 Å². The van der Waals surface area contributed by atoms with Crippen LogP contribution in [0.4, 0.5) is 13.2 Å². The van der Waals surface area contributed by atoms with Crippen LogP contribution < -0.4 is 15.4 Å². The second-order valence-corrected chi connectivity index (χ2v) is 10.8. The van der Waals surface area contributed by atoms with Gasteiger partial charge in [-0.3, -0.25) is 9.59 Å². The van der Waals surface area contributed by atoms with Gasteiger partial charge in [0.25, 0.3) is 5.91 Å². The quantitative estimate of drug-likeness (QED) is 0.381. The first-order valence-corrected chi connectivity index (χ1v) is 13.3. The Morgan fingerprint density at radius 3 is 2.56 bits per heavy atom. The van der Waals surface area contributed by atoms with Crippen LogP contribution in [0, 0.1) is 18.8 Å². The number of halogens is 3. The highest BCUT2D eigenvalue weighted by Gasteiger charge is 2.33. The monoisotopic (exact) mass is 543 g/mol. The van der Waals surface area contributed by atoms with E-state index >= 15 is 0 Å². The molecule has 3 atom stereocenters. The van der Waals surface area contributed by atoms with Crippen molar-refractivity contribution in [3.63, 3.8) is 0 Å². The van der Waals surface area contributed by atoms with Crippen molar-refractivity contribution in [3.8, 4) is 17.0 Å². The number of rotatable bonds is 7. The highest BCUT2D eigenvalue weighted by atomic mass is 19.4. The molecule has 0 radical (unpaired) electrons. The molecular weight excluding hydrogens is 511 g/mol. The van der Waals surface area contributed by atoms with Crippen molar-refractivity contribution in [2.75, 3.05) is 6.61 Å². The molecule has 2 fully saturated rings. The van der Waals surface area contributed by atoms with Crippen LogP contribution >= 0.6 is 0 Å². The molecule has 2 aromatic heterocycles. The SMILES string of the molecule is CC(=O)N[C@@H]1CC[C@H](NC(=O)c2c(C)[nH]c3c(-c4cc(C(F)(F)F)ccc4OCC4CC4)ncnc23)[C@H](C)C1. The standard InChI is InChI=1S/C28H32F3N5O3/c1-14-10-19(35-16(3)37)7-8-21(14)36-27(38)23-15(2)34-26-24(32-13-33-25(23)26)20-11-18(28(29,30)31)6-9-22(20)39-12-17-4-5-17/h6,9,11,13-14,17,19,21,34H,4-5,7-8,10,12H2,1-3H3,(H,35,37)(H,36,38)/t14-,19-,21+/m1/s1. The number of carbonyl (C=O) groups is 2. The van der Waals surface area contributed by atoms with Gasteiger partial charge in [0.2, 0.25) is 5.91 Å². The number of nitrogens with one attached hydrogen (secondary N) is 3. The van der Waals surface area contributed by atoms with Crippen LogP contribution in [0.1, 0.15) is 67.6 Å². The minimum Gasteiger partial charge on any atom is -0.493 e. The fraction of sp³-hybridized carbons (Fsp3) is 0.500. The van der Waals surface area contributed by atoms with Gasteiger partial charge < -0.3 is 20.4 Å². The van der Waals surface area contributed by atoms with E-state index in [9.17, 15) is 22.8 Å². The lowest BCUT2D eigenvalue weighted by Crippen LogP contribution is -2.47. The molecule has 0 unspecified atom stereocenters. The normalized spacial score (nSPS) is 21.5. The third kappa shape index (κ3) is 5.86. The third-order valence-electron chi connectivity index (χ3n) is 7.63. The lowest BCUT2D eigenvalue weighted by molar-refractivity contribution is -0.137. The summed E-state index contributed by atoms with van der Waals surface area (Å²) in [6.45, 7) is 5.69. The summed E-state index contributed by atoms with van der Waals surface area (Å²) in [5.41, 5.74) is 1.19. The summed E-state index contributed by atoms with van der Waals surface area (Å²) in [4.78, 5) is 36.7. The molecule has 208 valence electrons. The van der Waals surface area contributed by atoms with Crippen molar-refractivity contribution in [2.45, 2.75) is 71.1 Å². The molecule has 2 aliphatic rings. The predicted molar refractivity (Wildman–Crippen MR) is 139 cm³/mol. The lowest BCUT2D eigenvalue weighted by Gasteiger charge is -2.34. The fourth-order valence-electron chi connectivity index (χ4n) is 5.38. The van der Waals surface area contributed by atoms with Crippen molar-refractivity contribution in [3.05, 3.63) is 41.3 Å². The zero-order valence-electron chi connectivity index (χ0n) is 22.1. The van der Waals surface area contributed by atoms with Gasteiger partial charge >= 0.3 is 6.18 Å². The number of benzene rings is 1. The van der Waals surface area contributed by atoms with E-state index in [-0.39, 0.29) is 41.1 Å². The van der Waals surface area contributed by atoms with Gasteiger partial charge in [0.1, 0.15) is 23.3 Å². The smallest absolute Gasteiger partial charge is 0.416 e. The average molecular weight is 544 g/mol. The third-order valence-corrected chi connectivity index (χ3v) is 7.63. The van der Waals surface area contributed by atoms with Gasteiger partial charge in [0.15, 0.2) is 0 Å². The molecule has 3 N–H and O–H groups in total. The summed E-state index contributed by atoms with van der Waals surface area (Å²) in [6, 6.07) is 3.37. The number of aromatic amines is 1. The first kappa shape index (κ1) is 27.0. The van der Waals surface area contributed by atoms with E-state index in [1.54, 1.807) is 6.92 Å². The van der Waals surface area contributed by atoms with Crippen molar-refractivity contribution >= 4 is 22.8 Å². The number of aryl methyl sites for hydroxylation is 1. The van der Waals surface area contributed by atoms with Gasteiger partial charge in [-0.15, -0.1) is 0 Å². The maximum atomic E-state index is 13.6. The molecule has 2 heterocycles. The number of carbonyl (C=O) groups excluding carboxylic acids is 2. The van der Waals surface area contributed by atoms with Gasteiger partial charge in [0, 0.05) is 30.3 Å². The number of hydrogen-bond acceptors (Lipinski definition) is 5. The van der Waals surface area contributed by atoms with Gasteiger partial charge in [0.05, 0.1) is 23.3 Å². The predicted octanol–water partition coefficient (Wildman–Crippen LogP) is 5.16. The second kappa shape index (κ2) is 10.5. The van der Waals surface area contributed by atoms with E-state index in [1.165, 1.54) is 19.3 Å². The number of amides is 2. The molecule has 0 bridgehead atoms. The first-order valence-electron chi connectivity index (χ1n) is 13.3. The molecule has 11 heteroatoms. The Hall–Kier alpha value is -3.63. The molecule has 2 saturated carbocycles. The molecule has 8 nitrogen and oxygen atoms in total. The number of ether oxygens (including phenoxy) is 1. The van der Waals surface area contributed by atoms with Crippen molar-refractivity contribution in [1.29, 1.82) is 0 Å². The largest absolute Gasteiger partial charge is 0.493 e. The summed E-state index contributed by atoms with van der Waals surface area (Å²) in [5.74, 6) is 0.475. The highest BCUT2D eigenvalue weighted by Crippen LogP contribution is 2.40. The van der Waals surface area contributed by atoms with Crippen LogP contribution in [0.3, 0.4) is 0 Å². The minimum atomic E-state index is -4.54. The van der Waals surface area contributed by atoms with Gasteiger partial charge in [-0.25, -0.2) is 9.97 Å². The summed E-state index contributed by atoms with van der Waals surface area (Å²) in [7, 11) is 0. The van der Waals surface area contributed by atoms with Crippen molar-refractivity contribution in [1.82, 2.24) is 25.6 Å². The summed E-state index contributed by atoms with van der Waals surface area (Å²) in [6.07, 6.45) is 1.02. The average Bonchev–Trinajstić information content (AvgIpc) is 3.63. The Bertz CT molecular complexity index is 1400. The highest BCUT2D eigenvalue weighted by molar-refractivity contribution is 6.09. The number of H-pyrrole nitrogens is 1. The number of fused-ring (bicyclic) bond motifs is 1. The summed E-state index contributed by atoms with van der Waals surface area (Å²) >= 11 is 0. The van der Waals surface area contributed by atoms with Crippen LogP contribution in [0.15, 0.2) is 24.5 Å². The number of nitrogens with zero attached hydrogens (tertiary/aromatic N) is 2. The molecule has 39 heavy (non-hydrogen) atoms. The van der Waals surface area contributed by atoms with E-state index in [4.69, 9.17) is 4.74 Å². The van der Waals surface area contributed by atoms with E-state index < -0.39 is 11.7 Å². The topological polar surface area (TPSA) is 109 Å². The maximum Gasteiger partial charge on any atom is 0.416 e. The molecule has 0 aliphatic heterocycles. The van der Waals surface area contributed by atoms with Gasteiger partial charge in [-0.2, -0.15) is 13.2 Å². The molecule has 1 aromatic carbocycles. The van der Waals surface area contributed by atoms with Crippen LogP contribution in [0.5, 0.6) is 5.75 Å². The van der Waals surface area contributed by atoms with E-state index in [0.29, 0.717) is 47.0 Å². The Kier molecular flexibility index (Phi) is 7.26. The van der Waals surface area contributed by atoms with Gasteiger partial charge in [-0.05, 0) is 69.1 Å². The van der Waals surface area contributed by atoms with E-state index in [2.05, 4.69) is 25.6 Å². The molecule has 0 spiro atoms. The lowest BCUT2D eigenvalue weighted by atomic mass is 9.82. The minimum absolute atomic E-state index is 0.0681. The number of hydrogen-bond donors (Lipinski definition) is 3. The number of alkyl halides is 3. The molecule has 2 amide bonds. The number of aromatic nitrogens is 3. The van der Waals surface area contributed by atoms with Crippen molar-refractivity contribution in [2.24, 2.45) is 11.8 Å². The molecule has 5 rings (SSSR count). The summed E-state index contributed by atoms with van der Waals surface area (Å²) < 4.78 is 46.8. The van der Waals surface area contributed by atoms with E-state index in [1.807, 2.05) is 6.92 Å². The Morgan fingerprint density at radius 1 is 1.13 bits per heavy atom. The van der Waals surface area contributed by atoms with Crippen LogP contribution in [-0.4, -0.2) is 45.5 Å². The Balaban J connectivity index is 1.46. The Morgan fingerprint density at radius 2 is 1.90 bits per heavy atom. The summed E-state index contributed by atoms with van der Waals surface area (Å²) in [5, 5.41) is 6.06. The molecule has 2 aliphatic carbocycles. The fourth-order valence-corrected chi connectivity index (χ4v) is 5.38. The first-order chi connectivity index (χ1) is 18.5. The molecular formula is C28H32F3N5O3. The maximum absolute atomic E-state index is 13.6. The van der Waals surface area contributed by atoms with Gasteiger partial charge in [-0.1, -0.05) is 6.92 Å². The zero-order valence-corrected chi connectivity index (χ0v) is 22.1. The van der Waals surface area contributed by atoms with Crippen LogP contribution in [0.2, 0.25) is 0 Å².